The summed E-state index contributed by atoms with van der Waals surface area (Å²) in [5.74, 6) is 1.96. The second kappa shape index (κ2) is 10.4. The van der Waals surface area contributed by atoms with E-state index in [0.717, 1.165) is 52.8 Å². The fourth-order valence-electron chi connectivity index (χ4n) is 4.65. The number of rotatable bonds is 7. The molecule has 8 heteroatoms. The van der Waals surface area contributed by atoms with E-state index in [4.69, 9.17) is 4.74 Å². The third-order valence-electron chi connectivity index (χ3n) is 6.47. The van der Waals surface area contributed by atoms with Crippen molar-refractivity contribution < 1.29 is 9.53 Å². The van der Waals surface area contributed by atoms with Crippen molar-refractivity contribution in [2.75, 3.05) is 19.4 Å². The highest BCUT2D eigenvalue weighted by Crippen LogP contribution is 2.36. The maximum Gasteiger partial charge on any atom is 0.253 e. The molecule has 176 valence electrons. The molecule has 1 aromatic heterocycles. The van der Waals surface area contributed by atoms with Crippen LogP contribution in [0.2, 0.25) is 0 Å². The van der Waals surface area contributed by atoms with Gasteiger partial charge in [-0.2, -0.15) is 5.10 Å². The van der Waals surface area contributed by atoms with Gasteiger partial charge in [-0.1, -0.05) is 61.4 Å². The zero-order chi connectivity index (χ0) is 23.3. The number of carbonyl (C=O) groups is 1. The molecule has 2 aromatic carbocycles. The normalized spacial score (nSPS) is 16.5. The van der Waals surface area contributed by atoms with Gasteiger partial charge in [-0.05, 0) is 42.7 Å². The Morgan fingerprint density at radius 1 is 1.00 bits per heavy atom. The van der Waals surface area contributed by atoms with E-state index in [-0.39, 0.29) is 5.91 Å². The van der Waals surface area contributed by atoms with Crippen molar-refractivity contribution in [1.82, 2.24) is 19.8 Å². The fraction of sp³-hybridized carbons (Fsp3) is 0.385. The van der Waals surface area contributed by atoms with E-state index < -0.39 is 0 Å². The molecule has 1 aliphatic carbocycles. The van der Waals surface area contributed by atoms with Gasteiger partial charge in [0.05, 0.1) is 25.1 Å². The molecular weight excluding hydrogens is 446 g/mol. The minimum absolute atomic E-state index is 0.000114. The number of hydrogen-bond donors (Lipinski definition) is 0. The Kier molecular flexibility index (Phi) is 6.94. The Balaban J connectivity index is 1.33. The van der Waals surface area contributed by atoms with Crippen LogP contribution in [0, 0.1) is 0 Å². The van der Waals surface area contributed by atoms with Crippen molar-refractivity contribution in [3.05, 3.63) is 60.2 Å². The third-order valence-corrected chi connectivity index (χ3v) is 7.40. The lowest BCUT2D eigenvalue weighted by Crippen LogP contribution is -2.25. The van der Waals surface area contributed by atoms with Gasteiger partial charge in [0.1, 0.15) is 5.75 Å². The van der Waals surface area contributed by atoms with Gasteiger partial charge in [-0.15, -0.1) is 10.2 Å². The molecule has 2 heterocycles. The second-order valence-electron chi connectivity index (χ2n) is 8.66. The molecule has 0 atom stereocenters. The number of ether oxygens (including phenoxy) is 1. The topological polar surface area (TPSA) is 72.6 Å². The first-order chi connectivity index (χ1) is 16.7. The van der Waals surface area contributed by atoms with Crippen LogP contribution in [0.15, 0.2) is 64.9 Å². The molecule has 2 aliphatic rings. The van der Waals surface area contributed by atoms with Gasteiger partial charge in [0.25, 0.3) is 5.91 Å². The fourth-order valence-corrected chi connectivity index (χ4v) is 5.53. The second-order valence-corrected chi connectivity index (χ2v) is 9.61. The molecule has 1 fully saturated rings. The van der Waals surface area contributed by atoms with Gasteiger partial charge in [0.15, 0.2) is 11.0 Å². The zero-order valence-electron chi connectivity index (χ0n) is 19.4. The van der Waals surface area contributed by atoms with Crippen LogP contribution in [-0.2, 0) is 4.79 Å². The average molecular weight is 476 g/mol. The highest BCUT2D eigenvalue weighted by molar-refractivity contribution is 7.99. The van der Waals surface area contributed by atoms with E-state index in [9.17, 15) is 4.79 Å². The molecule has 34 heavy (non-hydrogen) atoms. The maximum atomic E-state index is 13.0. The number of methoxy groups -OCH3 is 1. The Morgan fingerprint density at radius 3 is 2.50 bits per heavy atom. The van der Waals surface area contributed by atoms with Gasteiger partial charge < -0.3 is 4.74 Å². The smallest absolute Gasteiger partial charge is 0.253 e. The first kappa shape index (κ1) is 22.7. The van der Waals surface area contributed by atoms with Crippen LogP contribution < -0.4 is 4.74 Å². The first-order valence-corrected chi connectivity index (χ1v) is 12.9. The van der Waals surface area contributed by atoms with Crippen LogP contribution in [0.1, 0.15) is 50.1 Å². The summed E-state index contributed by atoms with van der Waals surface area (Å²) in [6.07, 6.45) is 6.69. The van der Waals surface area contributed by atoms with Gasteiger partial charge in [0, 0.05) is 18.0 Å². The quantitative estimate of drug-likeness (QED) is 0.440. The molecule has 1 amide bonds. The summed E-state index contributed by atoms with van der Waals surface area (Å²) in [6.45, 7) is 0.621. The van der Waals surface area contributed by atoms with E-state index in [1.54, 1.807) is 12.1 Å². The lowest BCUT2D eigenvalue weighted by molar-refractivity contribution is -0.127. The van der Waals surface area contributed by atoms with Gasteiger partial charge in [-0.3, -0.25) is 9.36 Å². The Labute approximate surface area is 204 Å². The average Bonchev–Trinajstić information content (AvgIpc) is 3.56. The van der Waals surface area contributed by atoms with E-state index in [1.807, 2.05) is 54.6 Å². The van der Waals surface area contributed by atoms with Crippen molar-refractivity contribution in [3.8, 4) is 17.1 Å². The highest BCUT2D eigenvalue weighted by Gasteiger charge is 2.26. The summed E-state index contributed by atoms with van der Waals surface area (Å²) in [4.78, 5) is 13.0. The third kappa shape index (κ3) is 4.87. The molecule has 0 radical (unpaired) electrons. The monoisotopic (exact) mass is 475 g/mol. The molecule has 0 unspecified atom stereocenters. The predicted octanol–water partition coefficient (Wildman–Crippen LogP) is 5.19. The Hall–Kier alpha value is -3.13. The summed E-state index contributed by atoms with van der Waals surface area (Å²) >= 11 is 1.46. The lowest BCUT2D eigenvalue weighted by Gasteiger charge is -2.25. The number of hydrogen-bond acceptors (Lipinski definition) is 6. The SMILES string of the molecule is COc1ccc(-c2nnc(SCC(=O)N3CCC(c4ccccc4)=N3)n2C2CCCCC2)cc1. The van der Waals surface area contributed by atoms with Gasteiger partial charge in [-0.25, -0.2) is 5.01 Å². The molecular formula is C26H29N5O2S. The molecule has 5 rings (SSSR count). The van der Waals surface area contributed by atoms with Crippen LogP contribution in [0.3, 0.4) is 0 Å². The molecule has 0 spiro atoms. The van der Waals surface area contributed by atoms with Crippen LogP contribution in [0.5, 0.6) is 5.75 Å². The van der Waals surface area contributed by atoms with Crippen molar-refractivity contribution >= 4 is 23.4 Å². The molecule has 7 nitrogen and oxygen atoms in total. The molecule has 0 bridgehead atoms. The number of amides is 1. The minimum atomic E-state index is 0.000114. The first-order valence-electron chi connectivity index (χ1n) is 11.9. The van der Waals surface area contributed by atoms with Crippen molar-refractivity contribution in [1.29, 1.82) is 0 Å². The molecule has 0 N–H and O–H groups in total. The summed E-state index contributed by atoms with van der Waals surface area (Å²) < 4.78 is 7.56. The largest absolute Gasteiger partial charge is 0.497 e. The maximum absolute atomic E-state index is 13.0. The molecule has 0 saturated heterocycles. The minimum Gasteiger partial charge on any atom is -0.497 e. The Bertz CT molecular complexity index is 1150. The lowest BCUT2D eigenvalue weighted by atomic mass is 9.95. The van der Waals surface area contributed by atoms with Crippen LogP contribution >= 0.6 is 11.8 Å². The number of aromatic nitrogens is 3. The van der Waals surface area contributed by atoms with E-state index >= 15 is 0 Å². The molecule has 3 aromatic rings. The molecule has 1 saturated carbocycles. The van der Waals surface area contributed by atoms with Crippen molar-refractivity contribution in [3.63, 3.8) is 0 Å². The van der Waals surface area contributed by atoms with Gasteiger partial charge in [0.2, 0.25) is 0 Å². The number of carbonyl (C=O) groups excluding carboxylic acids is 1. The number of hydrazone groups is 1. The molecule has 1 aliphatic heterocycles. The highest BCUT2D eigenvalue weighted by atomic mass is 32.2. The van der Waals surface area contributed by atoms with Crippen molar-refractivity contribution in [2.45, 2.75) is 49.7 Å². The van der Waals surface area contributed by atoms with Crippen molar-refractivity contribution in [2.24, 2.45) is 5.10 Å². The van der Waals surface area contributed by atoms with Crippen LogP contribution in [0.25, 0.3) is 11.4 Å². The van der Waals surface area contributed by atoms with Crippen LogP contribution in [0.4, 0.5) is 0 Å². The predicted molar refractivity (Wildman–Crippen MR) is 134 cm³/mol. The van der Waals surface area contributed by atoms with Gasteiger partial charge >= 0.3 is 0 Å². The summed E-state index contributed by atoms with van der Waals surface area (Å²) in [5.41, 5.74) is 3.05. The number of benzene rings is 2. The standard InChI is InChI=1S/C26H29N5O2S/c1-33-22-14-12-20(13-15-22)25-27-28-26(31(25)21-10-6-3-7-11-21)34-18-24(32)30-17-16-23(29-30)19-8-4-2-5-9-19/h2,4-5,8-9,12-15,21H,3,6-7,10-11,16-18H2,1H3. The van der Waals surface area contributed by atoms with E-state index in [2.05, 4.69) is 19.9 Å². The number of thioether (sulfide) groups is 1. The summed E-state index contributed by atoms with van der Waals surface area (Å²) in [7, 11) is 1.67. The van der Waals surface area contributed by atoms with E-state index in [1.165, 1.54) is 31.0 Å². The summed E-state index contributed by atoms with van der Waals surface area (Å²) in [6, 6.07) is 18.3. The Morgan fingerprint density at radius 2 is 1.76 bits per heavy atom. The number of nitrogens with zero attached hydrogens (tertiary/aromatic N) is 5. The van der Waals surface area contributed by atoms with E-state index in [0.29, 0.717) is 18.3 Å². The van der Waals surface area contributed by atoms with Crippen LogP contribution in [-0.4, -0.2) is 50.8 Å². The zero-order valence-corrected chi connectivity index (χ0v) is 20.2. The summed E-state index contributed by atoms with van der Waals surface area (Å²) in [5, 5.41) is 16.0.